The summed E-state index contributed by atoms with van der Waals surface area (Å²) in [5.74, 6) is 0.711. The molecule has 0 radical (unpaired) electrons. The molecule has 5 heteroatoms. The van der Waals surface area contributed by atoms with E-state index in [0.717, 1.165) is 22.4 Å². The van der Waals surface area contributed by atoms with E-state index in [1.807, 2.05) is 31.2 Å². The summed E-state index contributed by atoms with van der Waals surface area (Å²) >= 11 is 0. The van der Waals surface area contributed by atoms with Gasteiger partial charge in [-0.3, -0.25) is 0 Å². The van der Waals surface area contributed by atoms with E-state index in [0.29, 0.717) is 12.4 Å². The Bertz CT molecular complexity index is 693. The average molecular weight is 254 g/mol. The maximum Gasteiger partial charge on any atom is 0.192 e. The minimum Gasteiger partial charge on any atom is -0.441 e. The predicted molar refractivity (Wildman–Crippen MR) is 71.7 cm³/mol. The van der Waals surface area contributed by atoms with Crippen LogP contribution < -0.4 is 5.73 Å². The molecule has 1 aromatic carbocycles. The van der Waals surface area contributed by atoms with E-state index in [2.05, 4.69) is 15.0 Å². The Kier molecular flexibility index (Phi) is 2.97. The van der Waals surface area contributed by atoms with Crippen molar-refractivity contribution >= 4 is 11.1 Å². The third-order valence-corrected chi connectivity index (χ3v) is 3.12. The highest BCUT2D eigenvalue weighted by atomic mass is 16.3. The molecule has 0 saturated carbocycles. The quantitative estimate of drug-likeness (QED) is 0.773. The summed E-state index contributed by atoms with van der Waals surface area (Å²) in [6, 6.07) is 7.82. The Morgan fingerprint density at radius 1 is 1.32 bits per heavy atom. The first kappa shape index (κ1) is 11.8. The predicted octanol–water partition coefficient (Wildman–Crippen LogP) is 2.02. The Morgan fingerprint density at radius 2 is 2.21 bits per heavy atom. The molecular weight excluding hydrogens is 240 g/mol. The standard InChI is InChI=1S/C14H14N4O/c1-9-18-13-6-10(2-3-14(13)19-9)11(7-15)12-4-5-16-8-17-12/h2-6,8,11H,7,15H2,1H3. The van der Waals surface area contributed by atoms with Gasteiger partial charge >= 0.3 is 0 Å². The minimum absolute atomic E-state index is 0.0457. The summed E-state index contributed by atoms with van der Waals surface area (Å²) in [6.45, 7) is 2.32. The molecule has 1 unspecified atom stereocenters. The summed E-state index contributed by atoms with van der Waals surface area (Å²) in [5, 5.41) is 0. The molecule has 96 valence electrons. The van der Waals surface area contributed by atoms with E-state index >= 15 is 0 Å². The second-order valence-corrected chi connectivity index (χ2v) is 4.38. The lowest BCUT2D eigenvalue weighted by Gasteiger charge is -2.14. The number of hydrogen-bond acceptors (Lipinski definition) is 5. The molecule has 0 aliphatic heterocycles. The summed E-state index contributed by atoms with van der Waals surface area (Å²) in [7, 11) is 0. The van der Waals surface area contributed by atoms with Gasteiger partial charge in [0.1, 0.15) is 11.8 Å². The lowest BCUT2D eigenvalue weighted by Crippen LogP contribution is -2.15. The van der Waals surface area contributed by atoms with Gasteiger partial charge in [0.15, 0.2) is 11.5 Å². The van der Waals surface area contributed by atoms with E-state index in [1.54, 1.807) is 6.20 Å². The molecular formula is C14H14N4O. The zero-order valence-electron chi connectivity index (χ0n) is 10.6. The smallest absolute Gasteiger partial charge is 0.192 e. The molecule has 3 rings (SSSR count). The number of benzene rings is 1. The number of rotatable bonds is 3. The second-order valence-electron chi connectivity index (χ2n) is 4.38. The van der Waals surface area contributed by atoms with Gasteiger partial charge in [-0.05, 0) is 23.8 Å². The molecule has 5 nitrogen and oxygen atoms in total. The largest absolute Gasteiger partial charge is 0.441 e. The fourth-order valence-electron chi connectivity index (χ4n) is 2.21. The van der Waals surface area contributed by atoms with Gasteiger partial charge < -0.3 is 10.2 Å². The number of nitrogens with two attached hydrogens (primary N) is 1. The van der Waals surface area contributed by atoms with Crippen molar-refractivity contribution in [3.63, 3.8) is 0 Å². The molecule has 2 aromatic heterocycles. The van der Waals surface area contributed by atoms with Gasteiger partial charge in [0.05, 0.1) is 5.69 Å². The molecule has 0 fully saturated rings. The third kappa shape index (κ3) is 2.20. The normalized spacial score (nSPS) is 12.7. The molecule has 0 amide bonds. The number of nitrogens with zero attached hydrogens (tertiary/aromatic N) is 3. The monoisotopic (exact) mass is 254 g/mol. The summed E-state index contributed by atoms with van der Waals surface area (Å²) in [4.78, 5) is 12.6. The van der Waals surface area contributed by atoms with E-state index < -0.39 is 0 Å². The fraction of sp³-hybridized carbons (Fsp3) is 0.214. The van der Waals surface area contributed by atoms with Crippen molar-refractivity contribution in [3.05, 3.63) is 53.9 Å². The zero-order chi connectivity index (χ0) is 13.2. The van der Waals surface area contributed by atoms with Crippen LogP contribution >= 0.6 is 0 Å². The van der Waals surface area contributed by atoms with Crippen LogP contribution in [-0.2, 0) is 0 Å². The lowest BCUT2D eigenvalue weighted by atomic mass is 9.95. The van der Waals surface area contributed by atoms with Crippen molar-refractivity contribution < 1.29 is 4.42 Å². The average Bonchev–Trinajstić information content (AvgIpc) is 2.80. The number of aromatic nitrogens is 3. The van der Waals surface area contributed by atoms with Crippen LogP contribution in [0.5, 0.6) is 0 Å². The van der Waals surface area contributed by atoms with Crippen LogP contribution in [0.1, 0.15) is 23.1 Å². The SMILES string of the molecule is Cc1nc2cc(C(CN)c3ccncn3)ccc2o1. The molecule has 0 aliphatic rings. The molecule has 2 heterocycles. The fourth-order valence-corrected chi connectivity index (χ4v) is 2.21. The zero-order valence-corrected chi connectivity index (χ0v) is 10.6. The molecule has 0 bridgehead atoms. The van der Waals surface area contributed by atoms with E-state index in [9.17, 15) is 0 Å². The first-order valence-electron chi connectivity index (χ1n) is 6.11. The van der Waals surface area contributed by atoms with Crippen LogP contribution in [0.3, 0.4) is 0 Å². The highest BCUT2D eigenvalue weighted by Crippen LogP contribution is 2.25. The number of hydrogen-bond donors (Lipinski definition) is 1. The van der Waals surface area contributed by atoms with Crippen LogP contribution in [0.4, 0.5) is 0 Å². The molecule has 1 atom stereocenters. The van der Waals surface area contributed by atoms with Gasteiger partial charge in [-0.2, -0.15) is 0 Å². The van der Waals surface area contributed by atoms with Gasteiger partial charge in [-0.15, -0.1) is 0 Å². The second kappa shape index (κ2) is 4.78. The van der Waals surface area contributed by atoms with Crippen molar-refractivity contribution in [3.8, 4) is 0 Å². The van der Waals surface area contributed by atoms with Crippen molar-refractivity contribution in [1.82, 2.24) is 15.0 Å². The minimum atomic E-state index is 0.0457. The molecule has 0 spiro atoms. The van der Waals surface area contributed by atoms with E-state index in [1.165, 1.54) is 6.33 Å². The van der Waals surface area contributed by atoms with Crippen molar-refractivity contribution in [2.75, 3.05) is 6.54 Å². The number of aryl methyl sites for hydroxylation is 1. The first-order valence-corrected chi connectivity index (χ1v) is 6.11. The van der Waals surface area contributed by atoms with E-state index in [-0.39, 0.29) is 5.92 Å². The topological polar surface area (TPSA) is 77.8 Å². The Hall–Kier alpha value is -2.27. The Labute approximate surface area is 110 Å². The van der Waals surface area contributed by atoms with Gasteiger partial charge in [0.2, 0.25) is 0 Å². The third-order valence-electron chi connectivity index (χ3n) is 3.12. The first-order chi connectivity index (χ1) is 9.28. The van der Waals surface area contributed by atoms with Crippen LogP contribution in [0.2, 0.25) is 0 Å². The van der Waals surface area contributed by atoms with Crippen LogP contribution in [0, 0.1) is 6.92 Å². The maximum atomic E-state index is 5.88. The van der Waals surface area contributed by atoms with Gasteiger partial charge in [0.25, 0.3) is 0 Å². The lowest BCUT2D eigenvalue weighted by molar-refractivity contribution is 0.561. The highest BCUT2D eigenvalue weighted by molar-refractivity contribution is 5.73. The number of oxazole rings is 1. The maximum absolute atomic E-state index is 5.88. The van der Waals surface area contributed by atoms with Gasteiger partial charge in [0, 0.05) is 25.6 Å². The van der Waals surface area contributed by atoms with Gasteiger partial charge in [-0.25, -0.2) is 15.0 Å². The molecule has 3 aromatic rings. The Morgan fingerprint density at radius 3 is 2.95 bits per heavy atom. The summed E-state index contributed by atoms with van der Waals surface area (Å²) in [6.07, 6.45) is 3.26. The van der Waals surface area contributed by atoms with Crippen molar-refractivity contribution in [2.45, 2.75) is 12.8 Å². The van der Waals surface area contributed by atoms with Crippen molar-refractivity contribution in [1.29, 1.82) is 0 Å². The highest BCUT2D eigenvalue weighted by Gasteiger charge is 2.15. The number of fused-ring (bicyclic) bond motifs is 1. The molecule has 19 heavy (non-hydrogen) atoms. The summed E-state index contributed by atoms with van der Waals surface area (Å²) in [5.41, 5.74) is 9.52. The molecule has 2 N–H and O–H groups in total. The van der Waals surface area contributed by atoms with Gasteiger partial charge in [-0.1, -0.05) is 6.07 Å². The van der Waals surface area contributed by atoms with E-state index in [4.69, 9.17) is 10.2 Å². The molecule has 0 aliphatic carbocycles. The Balaban J connectivity index is 2.06. The van der Waals surface area contributed by atoms with Crippen molar-refractivity contribution in [2.24, 2.45) is 5.73 Å². The van der Waals surface area contributed by atoms with Crippen LogP contribution in [0.25, 0.3) is 11.1 Å². The van der Waals surface area contributed by atoms with Crippen LogP contribution in [0.15, 0.2) is 41.2 Å². The van der Waals surface area contributed by atoms with Crippen LogP contribution in [-0.4, -0.2) is 21.5 Å². The summed E-state index contributed by atoms with van der Waals surface area (Å²) < 4.78 is 5.47. The molecule has 0 saturated heterocycles.